The Morgan fingerprint density at radius 3 is 2.17 bits per heavy atom. The summed E-state index contributed by atoms with van der Waals surface area (Å²) in [4.78, 5) is 36.6. The molecule has 2 amide bonds. The van der Waals surface area contributed by atoms with Gasteiger partial charge in [-0.2, -0.15) is 4.31 Å². The summed E-state index contributed by atoms with van der Waals surface area (Å²) >= 11 is 18.8. The number of hydrogen-bond acceptors (Lipinski definition) is 5. The quantitative estimate of drug-likeness (QED) is 0.490. The Labute approximate surface area is 253 Å². The number of halogens is 3. The fourth-order valence-electron chi connectivity index (χ4n) is 5.77. The lowest BCUT2D eigenvalue weighted by molar-refractivity contribution is -0.172. The number of hydrogen-bond donors (Lipinski definition) is 0. The lowest BCUT2D eigenvalue weighted by atomic mass is 9.96. The number of piperazine rings is 2. The fraction of sp³-hybridized carbons (Fsp3) is 0.500. The molecule has 8 nitrogen and oxygen atoms in total. The van der Waals surface area contributed by atoms with Gasteiger partial charge < -0.3 is 14.7 Å². The Kier molecular flexibility index (Phi) is 9.12. The van der Waals surface area contributed by atoms with Crippen LogP contribution in [0.1, 0.15) is 19.4 Å². The molecule has 3 heterocycles. The van der Waals surface area contributed by atoms with Crippen LogP contribution in [0.3, 0.4) is 0 Å². The summed E-state index contributed by atoms with van der Waals surface area (Å²) in [5.41, 5.74) is 0.898. The summed E-state index contributed by atoms with van der Waals surface area (Å²) in [6, 6.07) is 10.9. The van der Waals surface area contributed by atoms with E-state index < -0.39 is 29.2 Å². The molecule has 12 heteroatoms. The molecule has 5 rings (SSSR count). The topological polar surface area (TPSA) is 67.4 Å². The van der Waals surface area contributed by atoms with Gasteiger partial charge in [0.15, 0.2) is 0 Å². The molecule has 0 bridgehead atoms. The third kappa shape index (κ3) is 5.93. The first-order chi connectivity index (χ1) is 19.0. The fourth-order valence-corrected chi connectivity index (χ4v) is 7.83. The van der Waals surface area contributed by atoms with Crippen LogP contribution in [0.15, 0.2) is 47.4 Å². The monoisotopic (exact) mass is 625 g/mol. The molecule has 4 unspecified atom stereocenters. The second-order valence-electron chi connectivity index (χ2n) is 10.9. The van der Waals surface area contributed by atoms with Gasteiger partial charge in [0.25, 0.3) is 0 Å². The van der Waals surface area contributed by atoms with Crippen LogP contribution in [0.2, 0.25) is 15.1 Å². The Bertz CT molecular complexity index is 1290. The van der Waals surface area contributed by atoms with Gasteiger partial charge in [-0.05, 0) is 56.8 Å². The van der Waals surface area contributed by atoms with E-state index in [1.54, 1.807) is 40.1 Å². The largest absolute Gasteiger partial charge is 0.335 e. The summed E-state index contributed by atoms with van der Waals surface area (Å²) in [5.74, 6) is -0.204. The number of fused-ring (bicyclic) bond motifs is 1. The van der Waals surface area contributed by atoms with Crippen LogP contribution in [-0.4, -0.2) is 111 Å². The highest BCUT2D eigenvalue weighted by Crippen LogP contribution is 2.34. The average molecular weight is 627 g/mol. The van der Waals surface area contributed by atoms with Gasteiger partial charge in [0.1, 0.15) is 29.2 Å². The number of carbonyl (C=O) groups excluding carboxylic acids is 2. The molecular weight excluding hydrogens is 593 g/mol. The zero-order valence-corrected chi connectivity index (χ0v) is 25.9. The molecule has 0 aromatic heterocycles. The summed E-state index contributed by atoms with van der Waals surface area (Å²) in [7, 11) is 0.359. The minimum Gasteiger partial charge on any atom is -0.335 e. The van der Waals surface area contributed by atoms with Gasteiger partial charge in [-0.25, -0.2) is 4.21 Å². The molecule has 0 radical (unpaired) electrons. The minimum atomic E-state index is -1.70. The second-order valence-corrected chi connectivity index (χ2v) is 13.6. The normalized spacial score (nSPS) is 25.9. The Morgan fingerprint density at radius 1 is 0.900 bits per heavy atom. The molecule has 2 aromatic rings. The second kappa shape index (κ2) is 12.3. The highest BCUT2D eigenvalue weighted by atomic mass is 35.5. The molecule has 216 valence electrons. The Hall–Kier alpha value is -1.72. The van der Waals surface area contributed by atoms with E-state index in [4.69, 9.17) is 34.8 Å². The number of likely N-dealkylation sites (N-methyl/N-ethyl adjacent to an activating group) is 1. The van der Waals surface area contributed by atoms with Crippen molar-refractivity contribution < 1.29 is 13.8 Å². The van der Waals surface area contributed by atoms with Gasteiger partial charge in [-0.15, -0.1) is 0 Å². The third-order valence-electron chi connectivity index (χ3n) is 8.05. The average Bonchev–Trinajstić information content (AvgIpc) is 2.91. The highest BCUT2D eigenvalue weighted by molar-refractivity contribution is 7.82. The molecule has 3 fully saturated rings. The molecular formula is C28H34Cl3N5O3S. The first-order valence-corrected chi connectivity index (χ1v) is 15.7. The van der Waals surface area contributed by atoms with Gasteiger partial charge in [0.2, 0.25) is 11.8 Å². The lowest BCUT2D eigenvalue weighted by Crippen LogP contribution is -2.76. The molecule has 0 N–H and O–H groups in total. The molecule has 2 aromatic carbocycles. The number of nitrogens with zero attached hydrogens (tertiary/aromatic N) is 5. The van der Waals surface area contributed by atoms with Crippen LogP contribution >= 0.6 is 34.8 Å². The zero-order chi connectivity index (χ0) is 28.7. The third-order valence-corrected chi connectivity index (χ3v) is 10.5. The standard InChI is InChI=1S/C28H34Cl3N5O3S/c1-18(2)34-17-26-35(40(39)25-9-8-21(30)15-22(25)31)16-24(33-12-10-32(3)11-13-33)28(38)36(26)23(27(34)37)14-19-4-6-20(29)7-5-19/h4-9,15,18,23-24,26H,10-14,16-17H2,1-3H3. The molecule has 0 aliphatic carbocycles. The van der Waals surface area contributed by atoms with E-state index in [1.807, 2.05) is 30.3 Å². The number of rotatable bonds is 6. The maximum atomic E-state index is 14.3. The van der Waals surface area contributed by atoms with E-state index in [2.05, 4.69) is 16.8 Å². The van der Waals surface area contributed by atoms with Gasteiger partial charge >= 0.3 is 0 Å². The molecule has 0 saturated carbocycles. The number of carbonyl (C=O) groups is 2. The first kappa shape index (κ1) is 29.8. The van der Waals surface area contributed by atoms with Crippen LogP contribution in [0.5, 0.6) is 0 Å². The molecule has 3 aliphatic heterocycles. The van der Waals surface area contributed by atoms with E-state index >= 15 is 0 Å². The van der Waals surface area contributed by atoms with E-state index in [1.165, 1.54) is 0 Å². The molecule has 3 saturated heterocycles. The van der Waals surface area contributed by atoms with Crippen molar-refractivity contribution in [3.63, 3.8) is 0 Å². The van der Waals surface area contributed by atoms with Gasteiger partial charge in [-0.3, -0.25) is 14.5 Å². The molecule has 4 atom stereocenters. The maximum absolute atomic E-state index is 14.3. The number of amides is 2. The molecule has 40 heavy (non-hydrogen) atoms. The van der Waals surface area contributed by atoms with E-state index in [-0.39, 0.29) is 30.9 Å². The summed E-state index contributed by atoms with van der Waals surface area (Å²) in [6.07, 6.45) is -0.250. The van der Waals surface area contributed by atoms with Crippen molar-refractivity contribution in [1.29, 1.82) is 0 Å². The molecule has 0 spiro atoms. The number of benzene rings is 2. The summed E-state index contributed by atoms with van der Waals surface area (Å²) in [6.45, 7) is 7.52. The lowest BCUT2D eigenvalue weighted by Gasteiger charge is -2.55. The zero-order valence-electron chi connectivity index (χ0n) is 22.8. The first-order valence-electron chi connectivity index (χ1n) is 13.5. The van der Waals surface area contributed by atoms with Crippen LogP contribution < -0.4 is 0 Å². The predicted molar refractivity (Wildman–Crippen MR) is 159 cm³/mol. The van der Waals surface area contributed by atoms with Crippen LogP contribution in [-0.2, 0) is 27.0 Å². The van der Waals surface area contributed by atoms with Crippen molar-refractivity contribution >= 4 is 57.6 Å². The SMILES string of the molecule is CC(C)N1CC2N(C(=O)C(N3CCN(C)CC3)CN2S(=O)c2ccc(Cl)cc2Cl)C(Cc2ccc(Cl)cc2)C1=O. The maximum Gasteiger partial charge on any atom is 0.246 e. The smallest absolute Gasteiger partial charge is 0.246 e. The highest BCUT2D eigenvalue weighted by Gasteiger charge is 2.53. The summed E-state index contributed by atoms with van der Waals surface area (Å²) in [5, 5.41) is 1.36. The van der Waals surface area contributed by atoms with Crippen molar-refractivity contribution in [2.75, 3.05) is 46.3 Å². The van der Waals surface area contributed by atoms with E-state index in [0.717, 1.165) is 18.7 Å². The van der Waals surface area contributed by atoms with Crippen molar-refractivity contribution in [3.8, 4) is 0 Å². The van der Waals surface area contributed by atoms with Crippen LogP contribution in [0, 0.1) is 0 Å². The van der Waals surface area contributed by atoms with Gasteiger partial charge in [0, 0.05) is 55.2 Å². The predicted octanol–water partition coefficient (Wildman–Crippen LogP) is 3.62. The Balaban J connectivity index is 1.57. The minimum absolute atomic E-state index is 0.0952. The van der Waals surface area contributed by atoms with Gasteiger partial charge in [-0.1, -0.05) is 46.9 Å². The van der Waals surface area contributed by atoms with Crippen LogP contribution in [0.4, 0.5) is 0 Å². The van der Waals surface area contributed by atoms with Crippen molar-refractivity contribution in [3.05, 3.63) is 63.1 Å². The van der Waals surface area contributed by atoms with Crippen molar-refractivity contribution in [2.45, 2.75) is 49.5 Å². The molecule has 3 aliphatic rings. The summed E-state index contributed by atoms with van der Waals surface area (Å²) < 4.78 is 16.1. The van der Waals surface area contributed by atoms with Crippen molar-refractivity contribution in [1.82, 2.24) is 23.9 Å². The van der Waals surface area contributed by atoms with E-state index in [0.29, 0.717) is 39.5 Å². The Morgan fingerprint density at radius 2 is 1.55 bits per heavy atom. The van der Waals surface area contributed by atoms with Gasteiger partial charge in [0.05, 0.1) is 16.5 Å². The van der Waals surface area contributed by atoms with Crippen molar-refractivity contribution in [2.24, 2.45) is 0 Å². The van der Waals surface area contributed by atoms with E-state index in [9.17, 15) is 13.8 Å². The van der Waals surface area contributed by atoms with Crippen LogP contribution in [0.25, 0.3) is 0 Å².